The molecule has 4 nitrogen and oxygen atoms in total. The molecule has 1 aromatic rings. The molecule has 1 aromatic carbocycles. The summed E-state index contributed by atoms with van der Waals surface area (Å²) in [6.45, 7) is -0.238. The number of hydrogen-bond acceptors (Lipinski definition) is 4. The monoisotopic (exact) mass is 319 g/mol. The molecule has 1 aliphatic heterocycles. The zero-order valence-electron chi connectivity index (χ0n) is 11.8. The van der Waals surface area contributed by atoms with Gasteiger partial charge in [0.1, 0.15) is 5.75 Å². The molecule has 7 heteroatoms. The van der Waals surface area contributed by atoms with Crippen molar-refractivity contribution in [3.05, 3.63) is 29.8 Å². The van der Waals surface area contributed by atoms with Crippen LogP contribution in [0.25, 0.3) is 0 Å². The Hall–Kier alpha value is -1.21. The zero-order valence-corrected chi connectivity index (χ0v) is 12.6. The molecule has 0 amide bonds. The first-order chi connectivity index (χ1) is 9.85. The van der Waals surface area contributed by atoms with E-state index in [0.717, 1.165) is 5.56 Å². The van der Waals surface area contributed by atoms with Gasteiger partial charge in [-0.3, -0.25) is 0 Å². The highest BCUT2D eigenvalue weighted by molar-refractivity contribution is 7.91. The second-order valence-electron chi connectivity index (χ2n) is 5.35. The molecule has 0 aromatic heterocycles. The quantitative estimate of drug-likeness (QED) is 0.874. The number of ether oxygens (including phenoxy) is 1. The third kappa shape index (κ3) is 4.93. The summed E-state index contributed by atoms with van der Waals surface area (Å²) in [7, 11) is -2.85. The van der Waals surface area contributed by atoms with Gasteiger partial charge < -0.3 is 10.1 Å². The molecule has 2 unspecified atom stereocenters. The molecule has 2 rings (SSSR count). The van der Waals surface area contributed by atoms with E-state index in [-0.39, 0.29) is 29.2 Å². The van der Waals surface area contributed by atoms with Gasteiger partial charge in [-0.1, -0.05) is 12.1 Å². The van der Waals surface area contributed by atoms with Gasteiger partial charge in [0.2, 0.25) is 0 Å². The van der Waals surface area contributed by atoms with Crippen LogP contribution in [0.15, 0.2) is 24.3 Å². The Labute approximate surface area is 123 Å². The van der Waals surface area contributed by atoms with Crippen LogP contribution >= 0.6 is 0 Å². The number of halogens is 2. The Bertz CT molecular complexity index is 560. The number of rotatable bonds is 6. The van der Waals surface area contributed by atoms with E-state index in [0.29, 0.717) is 13.0 Å². The summed E-state index contributed by atoms with van der Waals surface area (Å²) in [5.74, 6) is 0.795. The summed E-state index contributed by atoms with van der Waals surface area (Å²) in [4.78, 5) is 0. The normalized spacial score (nSPS) is 22.4. The highest BCUT2D eigenvalue weighted by Crippen LogP contribution is 2.21. The van der Waals surface area contributed by atoms with Gasteiger partial charge in [0, 0.05) is 6.04 Å². The number of sulfone groups is 1. The van der Waals surface area contributed by atoms with E-state index in [1.165, 1.54) is 12.1 Å². The average molecular weight is 319 g/mol. The van der Waals surface area contributed by atoms with Crippen LogP contribution in [0.4, 0.5) is 8.78 Å². The number of alkyl halides is 2. The van der Waals surface area contributed by atoms with Crippen LogP contribution in [0.3, 0.4) is 0 Å². The highest BCUT2D eigenvalue weighted by Gasteiger charge is 2.27. The molecule has 0 radical (unpaired) electrons. The van der Waals surface area contributed by atoms with Crippen LogP contribution in [0.5, 0.6) is 5.75 Å². The van der Waals surface area contributed by atoms with Crippen molar-refractivity contribution in [3.8, 4) is 5.75 Å². The van der Waals surface area contributed by atoms with E-state index in [1.807, 2.05) is 6.92 Å². The Morgan fingerprint density at radius 3 is 2.52 bits per heavy atom. The van der Waals surface area contributed by atoms with Crippen LogP contribution in [0, 0.1) is 5.92 Å². The fourth-order valence-corrected chi connectivity index (χ4v) is 4.29. The van der Waals surface area contributed by atoms with E-state index in [4.69, 9.17) is 0 Å². The van der Waals surface area contributed by atoms with Crippen LogP contribution < -0.4 is 10.1 Å². The fraction of sp³-hybridized carbons (Fsp3) is 0.571. The standard InChI is InChI=1S/C14H19F2NO3S/c1-10(17-8-11-6-7-21(18,19)9-11)12-2-4-13(5-3-12)20-14(15)16/h2-5,10-11,14,17H,6-9H2,1H3. The largest absolute Gasteiger partial charge is 0.435 e. The minimum absolute atomic E-state index is 0.0221. The molecular formula is C14H19F2NO3S. The first kappa shape index (κ1) is 16.2. The lowest BCUT2D eigenvalue weighted by Crippen LogP contribution is -2.26. The van der Waals surface area contributed by atoms with E-state index in [1.54, 1.807) is 12.1 Å². The summed E-state index contributed by atoms with van der Waals surface area (Å²) in [5.41, 5.74) is 0.942. The smallest absolute Gasteiger partial charge is 0.387 e. The second kappa shape index (κ2) is 6.70. The van der Waals surface area contributed by atoms with Gasteiger partial charge in [-0.05, 0) is 43.5 Å². The molecule has 1 aliphatic rings. The molecule has 1 N–H and O–H groups in total. The van der Waals surface area contributed by atoms with Gasteiger partial charge in [0.15, 0.2) is 9.84 Å². The van der Waals surface area contributed by atoms with Crippen molar-refractivity contribution >= 4 is 9.84 Å². The minimum atomic E-state index is -2.85. The topological polar surface area (TPSA) is 55.4 Å². The minimum Gasteiger partial charge on any atom is -0.435 e. The van der Waals surface area contributed by atoms with Crippen LogP contribution in [-0.4, -0.2) is 33.1 Å². The van der Waals surface area contributed by atoms with Crippen molar-refractivity contribution in [1.82, 2.24) is 5.32 Å². The van der Waals surface area contributed by atoms with E-state index in [9.17, 15) is 17.2 Å². The first-order valence-electron chi connectivity index (χ1n) is 6.84. The van der Waals surface area contributed by atoms with E-state index >= 15 is 0 Å². The molecule has 1 fully saturated rings. The van der Waals surface area contributed by atoms with Crippen LogP contribution in [0.1, 0.15) is 24.9 Å². The van der Waals surface area contributed by atoms with Crippen molar-refractivity contribution in [2.24, 2.45) is 5.92 Å². The summed E-state index contributed by atoms with van der Waals surface area (Å²) in [6.07, 6.45) is 0.698. The Balaban J connectivity index is 1.84. The molecule has 0 spiro atoms. The molecule has 21 heavy (non-hydrogen) atoms. The predicted molar refractivity (Wildman–Crippen MR) is 76.3 cm³/mol. The van der Waals surface area contributed by atoms with Gasteiger partial charge in [0.05, 0.1) is 11.5 Å². The first-order valence-corrected chi connectivity index (χ1v) is 8.66. The second-order valence-corrected chi connectivity index (χ2v) is 7.58. The van der Waals surface area contributed by atoms with Crippen molar-refractivity contribution in [2.75, 3.05) is 18.1 Å². The number of hydrogen-bond donors (Lipinski definition) is 1. The molecule has 1 saturated heterocycles. The summed E-state index contributed by atoms with van der Waals surface area (Å²) in [6, 6.07) is 6.47. The summed E-state index contributed by atoms with van der Waals surface area (Å²) < 4.78 is 51.2. The van der Waals surface area contributed by atoms with Crippen LogP contribution in [-0.2, 0) is 9.84 Å². The third-order valence-corrected chi connectivity index (χ3v) is 5.48. The molecule has 2 atom stereocenters. The molecule has 0 saturated carbocycles. The lowest BCUT2D eigenvalue weighted by atomic mass is 10.1. The van der Waals surface area contributed by atoms with Crippen molar-refractivity contribution in [3.63, 3.8) is 0 Å². The maximum absolute atomic E-state index is 12.1. The third-order valence-electron chi connectivity index (χ3n) is 3.64. The molecule has 0 bridgehead atoms. The Morgan fingerprint density at radius 1 is 1.33 bits per heavy atom. The number of nitrogens with one attached hydrogen (secondary N) is 1. The molecule has 0 aliphatic carbocycles. The maximum Gasteiger partial charge on any atom is 0.387 e. The van der Waals surface area contributed by atoms with Gasteiger partial charge in [-0.15, -0.1) is 0 Å². The van der Waals surface area contributed by atoms with Gasteiger partial charge in [-0.2, -0.15) is 8.78 Å². The average Bonchev–Trinajstić information content (AvgIpc) is 2.76. The van der Waals surface area contributed by atoms with Gasteiger partial charge in [0.25, 0.3) is 0 Å². The Morgan fingerprint density at radius 2 is 2.00 bits per heavy atom. The molecular weight excluding hydrogens is 300 g/mol. The Kier molecular flexibility index (Phi) is 5.16. The predicted octanol–water partition coefficient (Wildman–Crippen LogP) is 2.37. The summed E-state index contributed by atoms with van der Waals surface area (Å²) in [5, 5.41) is 3.29. The molecule has 118 valence electrons. The number of benzene rings is 1. The van der Waals surface area contributed by atoms with E-state index < -0.39 is 16.4 Å². The van der Waals surface area contributed by atoms with Crippen molar-refractivity contribution < 1.29 is 21.9 Å². The molecule has 1 heterocycles. The lowest BCUT2D eigenvalue weighted by molar-refractivity contribution is -0.0498. The van der Waals surface area contributed by atoms with Crippen LogP contribution in [0.2, 0.25) is 0 Å². The van der Waals surface area contributed by atoms with Crippen molar-refractivity contribution in [1.29, 1.82) is 0 Å². The van der Waals surface area contributed by atoms with Gasteiger partial charge in [-0.25, -0.2) is 8.42 Å². The van der Waals surface area contributed by atoms with Crippen molar-refractivity contribution in [2.45, 2.75) is 26.0 Å². The highest BCUT2D eigenvalue weighted by atomic mass is 32.2. The lowest BCUT2D eigenvalue weighted by Gasteiger charge is -2.17. The SMILES string of the molecule is CC(NCC1CCS(=O)(=O)C1)c1ccc(OC(F)F)cc1. The summed E-state index contributed by atoms with van der Waals surface area (Å²) >= 11 is 0. The maximum atomic E-state index is 12.1. The zero-order chi connectivity index (χ0) is 15.5. The van der Waals surface area contributed by atoms with Gasteiger partial charge >= 0.3 is 6.61 Å². The fourth-order valence-electron chi connectivity index (χ4n) is 2.43. The van der Waals surface area contributed by atoms with E-state index in [2.05, 4.69) is 10.1 Å².